The Morgan fingerprint density at radius 1 is 1.32 bits per heavy atom. The number of rotatable bonds is 2. The fourth-order valence-electron chi connectivity index (χ4n) is 2.61. The number of carbonyl (C=O) groups excluding carboxylic acids is 1. The molecule has 1 atom stereocenters. The van der Waals surface area contributed by atoms with Crippen LogP contribution in [0, 0.1) is 5.82 Å². The van der Waals surface area contributed by atoms with Gasteiger partial charge in [0, 0.05) is 37.6 Å². The van der Waals surface area contributed by atoms with Crippen LogP contribution in [0.4, 0.5) is 4.39 Å². The standard InChI is InChI=1S/C16H16FN3O.ClH/c17-14-5-1-3-12(9-14)16(21)20-8-7-19-11-15(20)13-4-2-6-18-10-13;/h1-6,9-10,15,19H,7-8,11H2;1H. The van der Waals surface area contributed by atoms with Gasteiger partial charge in [-0.1, -0.05) is 12.1 Å². The summed E-state index contributed by atoms with van der Waals surface area (Å²) in [5.74, 6) is -0.543. The monoisotopic (exact) mass is 321 g/mol. The third kappa shape index (κ3) is 3.43. The van der Waals surface area contributed by atoms with Crippen molar-refractivity contribution in [2.24, 2.45) is 0 Å². The third-order valence-corrected chi connectivity index (χ3v) is 3.65. The molecule has 0 saturated carbocycles. The second-order valence-electron chi connectivity index (χ2n) is 5.02. The molecule has 1 aliphatic heterocycles. The third-order valence-electron chi connectivity index (χ3n) is 3.65. The van der Waals surface area contributed by atoms with Crippen molar-refractivity contribution in [1.82, 2.24) is 15.2 Å². The topological polar surface area (TPSA) is 45.2 Å². The number of pyridine rings is 1. The minimum Gasteiger partial charge on any atom is -0.329 e. The van der Waals surface area contributed by atoms with Crippen LogP contribution >= 0.6 is 12.4 Å². The van der Waals surface area contributed by atoms with Crippen LogP contribution in [0.15, 0.2) is 48.8 Å². The second-order valence-corrected chi connectivity index (χ2v) is 5.02. The lowest BCUT2D eigenvalue weighted by atomic mass is 10.0. The van der Waals surface area contributed by atoms with Crippen molar-refractivity contribution < 1.29 is 9.18 Å². The number of aromatic nitrogens is 1. The van der Waals surface area contributed by atoms with Gasteiger partial charge >= 0.3 is 0 Å². The van der Waals surface area contributed by atoms with Crippen molar-refractivity contribution in [3.8, 4) is 0 Å². The van der Waals surface area contributed by atoms with Crippen LogP contribution in [-0.2, 0) is 0 Å². The van der Waals surface area contributed by atoms with E-state index in [1.165, 1.54) is 12.1 Å². The minimum absolute atomic E-state index is 0. The van der Waals surface area contributed by atoms with Crippen LogP contribution in [0.3, 0.4) is 0 Å². The minimum atomic E-state index is -0.395. The predicted molar refractivity (Wildman–Crippen MR) is 84.5 cm³/mol. The van der Waals surface area contributed by atoms with Gasteiger partial charge in [0.1, 0.15) is 5.82 Å². The van der Waals surface area contributed by atoms with E-state index in [0.29, 0.717) is 18.7 Å². The number of benzene rings is 1. The SMILES string of the molecule is Cl.O=C(c1cccc(F)c1)N1CCNCC1c1cccnc1. The van der Waals surface area contributed by atoms with Crippen LogP contribution in [0.2, 0.25) is 0 Å². The molecule has 2 aromatic rings. The van der Waals surface area contributed by atoms with E-state index in [2.05, 4.69) is 10.3 Å². The van der Waals surface area contributed by atoms with Crippen molar-refractivity contribution in [3.05, 3.63) is 65.7 Å². The highest BCUT2D eigenvalue weighted by molar-refractivity contribution is 5.94. The molecule has 0 radical (unpaired) electrons. The molecule has 1 aromatic heterocycles. The summed E-state index contributed by atoms with van der Waals surface area (Å²) < 4.78 is 13.3. The predicted octanol–water partition coefficient (Wildman–Crippen LogP) is 2.43. The van der Waals surface area contributed by atoms with Crippen molar-refractivity contribution >= 4 is 18.3 Å². The molecule has 2 heterocycles. The normalized spacial score (nSPS) is 17.7. The van der Waals surface area contributed by atoms with Gasteiger partial charge in [0.2, 0.25) is 0 Å². The van der Waals surface area contributed by atoms with E-state index in [1.807, 2.05) is 12.1 Å². The Morgan fingerprint density at radius 2 is 2.18 bits per heavy atom. The highest BCUT2D eigenvalue weighted by Gasteiger charge is 2.28. The molecule has 6 heteroatoms. The number of nitrogens with one attached hydrogen (secondary N) is 1. The second kappa shape index (κ2) is 7.33. The first kappa shape index (κ1) is 16.4. The number of hydrogen-bond acceptors (Lipinski definition) is 3. The van der Waals surface area contributed by atoms with E-state index >= 15 is 0 Å². The van der Waals surface area contributed by atoms with Crippen molar-refractivity contribution in [2.75, 3.05) is 19.6 Å². The zero-order valence-corrected chi connectivity index (χ0v) is 12.7. The van der Waals surface area contributed by atoms with Gasteiger partial charge in [-0.2, -0.15) is 0 Å². The molecule has 1 fully saturated rings. The zero-order valence-electron chi connectivity index (χ0n) is 11.9. The van der Waals surface area contributed by atoms with Crippen LogP contribution < -0.4 is 5.32 Å². The molecule has 1 amide bonds. The summed E-state index contributed by atoms with van der Waals surface area (Å²) >= 11 is 0. The lowest BCUT2D eigenvalue weighted by Crippen LogP contribution is -2.48. The van der Waals surface area contributed by atoms with Gasteiger partial charge in [-0.3, -0.25) is 9.78 Å². The summed E-state index contributed by atoms with van der Waals surface area (Å²) in [7, 11) is 0. The summed E-state index contributed by atoms with van der Waals surface area (Å²) in [5.41, 5.74) is 1.36. The number of carbonyl (C=O) groups is 1. The lowest BCUT2D eigenvalue weighted by molar-refractivity contribution is 0.0633. The molecular formula is C16H17ClFN3O. The van der Waals surface area contributed by atoms with Crippen LogP contribution in [0.5, 0.6) is 0 Å². The van der Waals surface area contributed by atoms with Gasteiger partial charge in [-0.25, -0.2) is 4.39 Å². The van der Waals surface area contributed by atoms with Crippen LogP contribution in [0.25, 0.3) is 0 Å². The molecule has 22 heavy (non-hydrogen) atoms. The maximum absolute atomic E-state index is 13.3. The van der Waals surface area contributed by atoms with E-state index in [4.69, 9.17) is 0 Å². The number of hydrogen-bond donors (Lipinski definition) is 1. The molecule has 1 aromatic carbocycles. The van der Waals surface area contributed by atoms with Crippen molar-refractivity contribution in [1.29, 1.82) is 0 Å². The fourth-order valence-corrected chi connectivity index (χ4v) is 2.61. The van der Waals surface area contributed by atoms with E-state index < -0.39 is 5.82 Å². The zero-order chi connectivity index (χ0) is 14.7. The molecule has 116 valence electrons. The molecular weight excluding hydrogens is 305 g/mol. The van der Waals surface area contributed by atoms with Gasteiger partial charge in [-0.15, -0.1) is 12.4 Å². The number of amides is 1. The van der Waals surface area contributed by atoms with E-state index in [0.717, 1.165) is 12.1 Å². The first-order valence-electron chi connectivity index (χ1n) is 6.93. The Kier molecular flexibility index (Phi) is 5.46. The first-order chi connectivity index (χ1) is 10.3. The maximum atomic E-state index is 13.3. The molecule has 0 aliphatic carbocycles. The lowest BCUT2D eigenvalue weighted by Gasteiger charge is -2.36. The molecule has 1 N–H and O–H groups in total. The highest BCUT2D eigenvalue weighted by atomic mass is 35.5. The summed E-state index contributed by atoms with van der Waals surface area (Å²) in [5, 5.41) is 3.29. The first-order valence-corrected chi connectivity index (χ1v) is 6.93. The summed E-state index contributed by atoms with van der Waals surface area (Å²) in [6, 6.07) is 9.56. The van der Waals surface area contributed by atoms with Gasteiger partial charge in [0.05, 0.1) is 6.04 Å². The van der Waals surface area contributed by atoms with Crippen LogP contribution in [0.1, 0.15) is 22.0 Å². The van der Waals surface area contributed by atoms with E-state index in [-0.39, 0.29) is 24.4 Å². The molecule has 0 spiro atoms. The van der Waals surface area contributed by atoms with Crippen LogP contribution in [-0.4, -0.2) is 35.4 Å². The fraction of sp³-hybridized carbons (Fsp3) is 0.250. The van der Waals surface area contributed by atoms with Gasteiger partial charge < -0.3 is 10.2 Å². The average molecular weight is 322 g/mol. The molecule has 1 saturated heterocycles. The largest absolute Gasteiger partial charge is 0.329 e. The summed E-state index contributed by atoms with van der Waals surface area (Å²) in [4.78, 5) is 18.5. The summed E-state index contributed by atoms with van der Waals surface area (Å²) in [6.07, 6.45) is 3.47. The molecule has 0 bridgehead atoms. The Balaban J connectivity index is 0.00000176. The number of halogens is 2. The highest BCUT2D eigenvalue weighted by Crippen LogP contribution is 2.23. The van der Waals surface area contributed by atoms with Crippen molar-refractivity contribution in [3.63, 3.8) is 0 Å². The maximum Gasteiger partial charge on any atom is 0.254 e. The van der Waals surface area contributed by atoms with E-state index in [1.54, 1.807) is 29.4 Å². The van der Waals surface area contributed by atoms with E-state index in [9.17, 15) is 9.18 Å². The van der Waals surface area contributed by atoms with Gasteiger partial charge in [-0.05, 0) is 29.8 Å². The molecule has 1 unspecified atom stereocenters. The quantitative estimate of drug-likeness (QED) is 0.924. The van der Waals surface area contributed by atoms with Gasteiger partial charge in [0.25, 0.3) is 5.91 Å². The van der Waals surface area contributed by atoms with Gasteiger partial charge in [0.15, 0.2) is 0 Å². The Bertz CT molecular complexity index is 638. The van der Waals surface area contributed by atoms with Crippen molar-refractivity contribution in [2.45, 2.75) is 6.04 Å². The molecule has 4 nitrogen and oxygen atoms in total. The Morgan fingerprint density at radius 3 is 2.91 bits per heavy atom. The summed E-state index contributed by atoms with van der Waals surface area (Å²) in [6.45, 7) is 2.00. The number of piperazine rings is 1. The average Bonchev–Trinajstić information content (AvgIpc) is 2.55. The smallest absolute Gasteiger partial charge is 0.254 e. The Labute approximate surface area is 134 Å². The molecule has 1 aliphatic rings. The number of nitrogens with zero attached hydrogens (tertiary/aromatic N) is 2. The Hall–Kier alpha value is -1.98. The molecule has 3 rings (SSSR count).